The Labute approximate surface area is 81.8 Å². The summed E-state index contributed by atoms with van der Waals surface area (Å²) in [5, 5.41) is 6.21. The third-order valence-corrected chi connectivity index (χ3v) is 1.48. The number of aromatic amines is 1. The fourth-order valence-corrected chi connectivity index (χ4v) is 0.790. The van der Waals surface area contributed by atoms with Crippen molar-refractivity contribution in [2.24, 2.45) is 0 Å². The maximum atomic E-state index is 10.1. The minimum Gasteiger partial charge on any atom is -0.399 e. The van der Waals surface area contributed by atoms with Gasteiger partial charge >= 0.3 is 0 Å². The molecule has 72 valence electrons. The lowest BCUT2D eigenvalue weighted by Gasteiger charge is -1.89. The van der Waals surface area contributed by atoms with Crippen LogP contribution in [0.15, 0.2) is 42.7 Å². The van der Waals surface area contributed by atoms with Crippen molar-refractivity contribution in [1.29, 1.82) is 0 Å². The maximum Gasteiger partial charge on any atom is 0.150 e. The van der Waals surface area contributed by atoms with Gasteiger partial charge in [-0.1, -0.05) is 0 Å². The molecule has 0 bridgehead atoms. The fourth-order valence-electron chi connectivity index (χ4n) is 0.790. The van der Waals surface area contributed by atoms with Crippen molar-refractivity contribution in [2.75, 3.05) is 5.73 Å². The Balaban J connectivity index is 0.000000165. The number of nitrogens with two attached hydrogens (primary N) is 1. The summed E-state index contributed by atoms with van der Waals surface area (Å²) in [5.41, 5.74) is 6.70. The highest BCUT2D eigenvalue weighted by Crippen LogP contribution is 2.01. The molecule has 1 heterocycles. The molecule has 0 radical (unpaired) electrons. The van der Waals surface area contributed by atoms with Gasteiger partial charge in [0.25, 0.3) is 0 Å². The zero-order valence-electron chi connectivity index (χ0n) is 7.55. The predicted octanol–water partition coefficient (Wildman–Crippen LogP) is 1.49. The van der Waals surface area contributed by atoms with Crippen LogP contribution in [0.1, 0.15) is 10.4 Å². The van der Waals surface area contributed by atoms with Gasteiger partial charge in [-0.05, 0) is 30.3 Å². The smallest absolute Gasteiger partial charge is 0.150 e. The molecule has 0 saturated carbocycles. The summed E-state index contributed by atoms with van der Waals surface area (Å²) >= 11 is 0. The number of H-pyrrole nitrogens is 1. The van der Waals surface area contributed by atoms with E-state index >= 15 is 0 Å². The van der Waals surface area contributed by atoms with Gasteiger partial charge in [0.15, 0.2) is 0 Å². The van der Waals surface area contributed by atoms with E-state index in [9.17, 15) is 4.79 Å². The van der Waals surface area contributed by atoms with Crippen LogP contribution in [0.4, 0.5) is 5.69 Å². The molecule has 0 aliphatic heterocycles. The molecule has 0 aliphatic carbocycles. The summed E-state index contributed by atoms with van der Waals surface area (Å²) in [6, 6.07) is 8.60. The van der Waals surface area contributed by atoms with Crippen molar-refractivity contribution in [2.45, 2.75) is 0 Å². The van der Waals surface area contributed by atoms with Crippen molar-refractivity contribution < 1.29 is 4.79 Å². The van der Waals surface area contributed by atoms with Crippen LogP contribution in [-0.4, -0.2) is 16.5 Å². The van der Waals surface area contributed by atoms with Crippen molar-refractivity contribution in [1.82, 2.24) is 10.2 Å². The molecule has 0 saturated heterocycles. The van der Waals surface area contributed by atoms with E-state index in [1.807, 2.05) is 6.07 Å². The highest BCUT2D eigenvalue weighted by Gasteiger charge is 1.85. The van der Waals surface area contributed by atoms with Crippen molar-refractivity contribution in [3.8, 4) is 0 Å². The third-order valence-electron chi connectivity index (χ3n) is 1.48. The minimum atomic E-state index is 0.657. The number of anilines is 1. The van der Waals surface area contributed by atoms with Crippen molar-refractivity contribution in [3.05, 3.63) is 48.3 Å². The lowest BCUT2D eigenvalue weighted by atomic mass is 10.2. The van der Waals surface area contributed by atoms with E-state index < -0.39 is 0 Å². The Kier molecular flexibility index (Phi) is 3.94. The van der Waals surface area contributed by atoms with Crippen LogP contribution in [0.5, 0.6) is 0 Å². The summed E-state index contributed by atoms with van der Waals surface area (Å²) in [4.78, 5) is 10.1. The molecule has 0 spiro atoms. The van der Waals surface area contributed by atoms with E-state index in [1.165, 1.54) is 0 Å². The molecule has 4 heteroatoms. The predicted molar refractivity (Wildman–Crippen MR) is 54.8 cm³/mol. The first-order valence-electron chi connectivity index (χ1n) is 4.07. The van der Waals surface area contributed by atoms with Crippen LogP contribution in [0.2, 0.25) is 0 Å². The number of nitrogens with one attached hydrogen (secondary N) is 1. The van der Waals surface area contributed by atoms with Crippen molar-refractivity contribution >= 4 is 12.0 Å². The summed E-state index contributed by atoms with van der Waals surface area (Å²) in [7, 11) is 0. The molecule has 1 aromatic carbocycles. The molecular weight excluding hydrogens is 178 g/mol. The van der Waals surface area contributed by atoms with E-state index in [4.69, 9.17) is 5.73 Å². The van der Waals surface area contributed by atoms with Gasteiger partial charge < -0.3 is 5.73 Å². The number of benzene rings is 1. The molecule has 0 unspecified atom stereocenters. The zero-order chi connectivity index (χ0) is 10.2. The number of aromatic nitrogens is 2. The average Bonchev–Trinajstić information content (AvgIpc) is 2.77. The van der Waals surface area contributed by atoms with Gasteiger partial charge in [0, 0.05) is 23.6 Å². The first kappa shape index (κ1) is 9.98. The Hall–Kier alpha value is -2.10. The van der Waals surface area contributed by atoms with E-state index in [2.05, 4.69) is 10.2 Å². The first-order valence-corrected chi connectivity index (χ1v) is 4.07. The van der Waals surface area contributed by atoms with E-state index in [-0.39, 0.29) is 0 Å². The van der Waals surface area contributed by atoms with Crippen LogP contribution in [0.25, 0.3) is 0 Å². The van der Waals surface area contributed by atoms with Crippen LogP contribution in [-0.2, 0) is 0 Å². The number of carbonyl (C=O) groups is 1. The first-order chi connectivity index (χ1) is 6.83. The number of nitrogen functional groups attached to an aromatic ring is 1. The largest absolute Gasteiger partial charge is 0.399 e. The van der Waals surface area contributed by atoms with Gasteiger partial charge in [0.2, 0.25) is 0 Å². The summed E-state index contributed by atoms with van der Waals surface area (Å²) in [6.45, 7) is 0. The van der Waals surface area contributed by atoms with Crippen LogP contribution < -0.4 is 5.73 Å². The van der Waals surface area contributed by atoms with Crippen LogP contribution >= 0.6 is 0 Å². The van der Waals surface area contributed by atoms with Crippen LogP contribution in [0.3, 0.4) is 0 Å². The topological polar surface area (TPSA) is 71.8 Å². The third kappa shape index (κ3) is 3.53. The lowest BCUT2D eigenvalue weighted by molar-refractivity contribution is 0.112. The molecule has 0 atom stereocenters. The zero-order valence-corrected chi connectivity index (χ0v) is 7.55. The summed E-state index contributed by atoms with van der Waals surface area (Å²) < 4.78 is 0. The van der Waals surface area contributed by atoms with Crippen molar-refractivity contribution in [3.63, 3.8) is 0 Å². The molecule has 0 amide bonds. The molecule has 4 nitrogen and oxygen atoms in total. The molecular formula is C10H11N3O. The van der Waals surface area contributed by atoms with E-state index in [0.29, 0.717) is 11.3 Å². The number of aldehydes is 1. The molecule has 0 fully saturated rings. The molecule has 2 rings (SSSR count). The van der Waals surface area contributed by atoms with Crippen LogP contribution in [0, 0.1) is 0 Å². The Bertz CT molecular complexity index is 336. The number of carbonyl (C=O) groups excluding carboxylic acids is 1. The highest BCUT2D eigenvalue weighted by atomic mass is 16.1. The summed E-state index contributed by atoms with van der Waals surface area (Å²) in [5.74, 6) is 0. The quantitative estimate of drug-likeness (QED) is 0.527. The standard InChI is InChI=1S/C7H7NO.C3H4N2/c8-7-3-1-6(5-9)2-4-7;1-2-4-5-3-1/h1-5H,8H2;1-3H,(H,4,5). The van der Waals surface area contributed by atoms with E-state index in [1.54, 1.807) is 36.7 Å². The van der Waals surface area contributed by atoms with Gasteiger partial charge in [-0.3, -0.25) is 9.89 Å². The minimum absolute atomic E-state index is 0.657. The lowest BCUT2D eigenvalue weighted by Crippen LogP contribution is -1.84. The van der Waals surface area contributed by atoms with E-state index in [0.717, 1.165) is 6.29 Å². The number of nitrogens with zero attached hydrogens (tertiary/aromatic N) is 1. The van der Waals surface area contributed by atoms with Gasteiger partial charge in [0.1, 0.15) is 6.29 Å². The average molecular weight is 189 g/mol. The highest BCUT2D eigenvalue weighted by molar-refractivity contribution is 5.75. The van der Waals surface area contributed by atoms with Gasteiger partial charge in [0.05, 0.1) is 0 Å². The number of hydrogen-bond donors (Lipinski definition) is 2. The molecule has 2 aromatic rings. The van der Waals surface area contributed by atoms with Gasteiger partial charge in [-0.25, -0.2) is 0 Å². The SMILES string of the molecule is Nc1ccc(C=O)cc1.c1cn[nH]c1. The summed E-state index contributed by atoms with van der Waals surface area (Å²) in [6.07, 6.45) is 4.25. The number of hydrogen-bond acceptors (Lipinski definition) is 3. The second kappa shape index (κ2) is 5.53. The molecule has 1 aromatic heterocycles. The Morgan fingerprint density at radius 2 is 2.00 bits per heavy atom. The van der Waals surface area contributed by atoms with Gasteiger partial charge in [-0.15, -0.1) is 0 Å². The Morgan fingerprint density at radius 3 is 2.36 bits per heavy atom. The second-order valence-electron chi connectivity index (χ2n) is 2.55. The number of rotatable bonds is 1. The molecule has 3 N–H and O–H groups in total. The monoisotopic (exact) mass is 189 g/mol. The molecule has 14 heavy (non-hydrogen) atoms. The van der Waals surface area contributed by atoms with Gasteiger partial charge in [-0.2, -0.15) is 5.10 Å². The maximum absolute atomic E-state index is 10.1. The fraction of sp³-hybridized carbons (Fsp3) is 0. The normalized spacial score (nSPS) is 8.57. The molecule has 0 aliphatic rings. The Morgan fingerprint density at radius 1 is 1.29 bits per heavy atom. The second-order valence-corrected chi connectivity index (χ2v) is 2.55.